The van der Waals surface area contributed by atoms with Crippen LogP contribution in [0, 0.1) is 0 Å². The fourth-order valence-corrected chi connectivity index (χ4v) is 1.75. The van der Waals surface area contributed by atoms with Crippen molar-refractivity contribution in [2.24, 2.45) is 0 Å². The number of aliphatic carboxylic acids is 2. The minimum absolute atomic E-state index is 0.0331. The summed E-state index contributed by atoms with van der Waals surface area (Å²) in [7, 11) is 3.62. The van der Waals surface area contributed by atoms with Crippen LogP contribution in [-0.4, -0.2) is 98.4 Å². The van der Waals surface area contributed by atoms with Gasteiger partial charge in [0.05, 0.1) is 13.1 Å². The van der Waals surface area contributed by atoms with Gasteiger partial charge in [-0.2, -0.15) is 0 Å². The Balaban J connectivity index is 4.26. The summed E-state index contributed by atoms with van der Waals surface area (Å²) in [4.78, 5) is 25.2. The predicted molar refractivity (Wildman–Crippen MR) is 76.0 cm³/mol. The summed E-state index contributed by atoms with van der Waals surface area (Å²) in [5, 5.41) is 23.7. The van der Waals surface area contributed by atoms with E-state index in [0.29, 0.717) is 39.3 Å². The highest BCUT2D eigenvalue weighted by atomic mass is 16.4. The van der Waals surface area contributed by atoms with Gasteiger partial charge in [0.1, 0.15) is 0 Å². The molecular weight excluding hydrogens is 264 g/mol. The highest BCUT2D eigenvalue weighted by molar-refractivity contribution is 5.69. The first-order chi connectivity index (χ1) is 9.49. The Labute approximate surface area is 119 Å². The maximum atomic E-state index is 10.8. The number of rotatable bonds is 13. The Morgan fingerprint density at radius 2 is 1.15 bits per heavy atom. The van der Waals surface area contributed by atoms with E-state index in [9.17, 15) is 9.59 Å². The fraction of sp³-hybridized carbons (Fsp3) is 0.833. The maximum Gasteiger partial charge on any atom is 0.317 e. The molecule has 8 heteroatoms. The molecule has 0 aliphatic rings. The first-order valence-electron chi connectivity index (χ1n) is 6.67. The van der Waals surface area contributed by atoms with Crippen LogP contribution in [0.25, 0.3) is 0 Å². The molecule has 0 aliphatic heterocycles. The van der Waals surface area contributed by atoms with Crippen molar-refractivity contribution in [2.45, 2.75) is 0 Å². The number of hydrogen-bond donors (Lipinski definition) is 4. The third-order valence-electron chi connectivity index (χ3n) is 2.81. The van der Waals surface area contributed by atoms with E-state index < -0.39 is 11.9 Å². The number of nitrogens with one attached hydrogen (secondary N) is 2. The molecule has 0 unspecified atom stereocenters. The van der Waals surface area contributed by atoms with E-state index in [1.807, 2.05) is 14.1 Å². The lowest BCUT2D eigenvalue weighted by molar-refractivity contribution is -0.140. The minimum Gasteiger partial charge on any atom is -0.480 e. The summed E-state index contributed by atoms with van der Waals surface area (Å²) >= 11 is 0. The molecule has 0 saturated carbocycles. The lowest BCUT2D eigenvalue weighted by Gasteiger charge is -2.25. The fourth-order valence-electron chi connectivity index (χ4n) is 1.75. The zero-order valence-corrected chi connectivity index (χ0v) is 12.3. The van der Waals surface area contributed by atoms with Gasteiger partial charge in [0, 0.05) is 39.3 Å². The van der Waals surface area contributed by atoms with Crippen molar-refractivity contribution >= 4 is 11.9 Å². The molecule has 0 aromatic carbocycles. The molecule has 0 amide bonds. The average Bonchev–Trinajstić information content (AvgIpc) is 2.37. The zero-order valence-electron chi connectivity index (χ0n) is 12.3. The average molecular weight is 290 g/mol. The number of carboxylic acids is 2. The molecule has 0 fully saturated rings. The van der Waals surface area contributed by atoms with E-state index in [-0.39, 0.29) is 13.1 Å². The van der Waals surface area contributed by atoms with Gasteiger partial charge in [-0.15, -0.1) is 0 Å². The number of carboxylic acid groups (broad SMARTS) is 2. The van der Waals surface area contributed by atoms with Gasteiger partial charge in [-0.25, -0.2) is 0 Å². The van der Waals surface area contributed by atoms with Crippen LogP contribution in [0.4, 0.5) is 0 Å². The molecule has 118 valence electrons. The van der Waals surface area contributed by atoms with E-state index in [1.165, 1.54) is 0 Å². The van der Waals surface area contributed by atoms with Crippen molar-refractivity contribution in [2.75, 3.05) is 66.5 Å². The second-order valence-corrected chi connectivity index (χ2v) is 4.55. The second-order valence-electron chi connectivity index (χ2n) is 4.55. The smallest absolute Gasteiger partial charge is 0.317 e. The van der Waals surface area contributed by atoms with Crippen LogP contribution in [0.3, 0.4) is 0 Å². The largest absolute Gasteiger partial charge is 0.480 e. The van der Waals surface area contributed by atoms with Crippen molar-refractivity contribution in [3.05, 3.63) is 0 Å². The molecule has 8 nitrogen and oxygen atoms in total. The van der Waals surface area contributed by atoms with Crippen molar-refractivity contribution in [3.63, 3.8) is 0 Å². The van der Waals surface area contributed by atoms with Crippen LogP contribution in [0.2, 0.25) is 0 Å². The molecule has 0 atom stereocenters. The molecular formula is C12H26N4O4. The molecule has 0 aliphatic carbocycles. The quantitative estimate of drug-likeness (QED) is 0.315. The van der Waals surface area contributed by atoms with E-state index in [4.69, 9.17) is 10.2 Å². The molecule has 0 spiro atoms. The maximum absolute atomic E-state index is 10.8. The molecule has 0 aromatic rings. The highest BCUT2D eigenvalue weighted by Gasteiger charge is 2.13. The zero-order chi connectivity index (χ0) is 15.4. The van der Waals surface area contributed by atoms with Crippen molar-refractivity contribution < 1.29 is 19.8 Å². The molecule has 0 radical (unpaired) electrons. The van der Waals surface area contributed by atoms with Crippen LogP contribution < -0.4 is 10.6 Å². The van der Waals surface area contributed by atoms with Gasteiger partial charge in [0.25, 0.3) is 0 Å². The normalized spacial score (nSPS) is 11.2. The van der Waals surface area contributed by atoms with Gasteiger partial charge in [-0.05, 0) is 14.1 Å². The van der Waals surface area contributed by atoms with Gasteiger partial charge in [-0.3, -0.25) is 19.4 Å². The topological polar surface area (TPSA) is 105 Å². The van der Waals surface area contributed by atoms with E-state index >= 15 is 0 Å². The summed E-state index contributed by atoms with van der Waals surface area (Å²) < 4.78 is 0. The number of carbonyl (C=O) groups is 2. The lowest BCUT2D eigenvalue weighted by atomic mass is 10.3. The van der Waals surface area contributed by atoms with E-state index in [0.717, 1.165) is 0 Å². The van der Waals surface area contributed by atoms with Gasteiger partial charge in [0.15, 0.2) is 0 Å². The molecule has 0 bridgehead atoms. The number of likely N-dealkylation sites (N-methyl/N-ethyl adjacent to an activating group) is 2. The Morgan fingerprint density at radius 3 is 1.40 bits per heavy atom. The highest BCUT2D eigenvalue weighted by Crippen LogP contribution is 1.93. The first kappa shape index (κ1) is 18.8. The Morgan fingerprint density at radius 1 is 0.800 bits per heavy atom. The van der Waals surface area contributed by atoms with Gasteiger partial charge < -0.3 is 20.8 Å². The molecule has 0 heterocycles. The lowest BCUT2D eigenvalue weighted by Crippen LogP contribution is -2.43. The van der Waals surface area contributed by atoms with Crippen LogP contribution >= 0.6 is 0 Å². The van der Waals surface area contributed by atoms with Gasteiger partial charge in [-0.1, -0.05) is 0 Å². The second kappa shape index (κ2) is 11.6. The standard InChI is InChI=1S/C12H26N4O4/c1-13-3-5-15(9-11(17)18)7-8-16(6-4-14-2)10-12(19)20/h13-14H,3-10H2,1-2H3,(H,17,18)(H,19,20). The van der Waals surface area contributed by atoms with Crippen LogP contribution in [0.1, 0.15) is 0 Å². The van der Waals surface area contributed by atoms with Gasteiger partial charge >= 0.3 is 11.9 Å². The van der Waals surface area contributed by atoms with Crippen molar-refractivity contribution in [3.8, 4) is 0 Å². The minimum atomic E-state index is -0.874. The van der Waals surface area contributed by atoms with Crippen LogP contribution in [0.15, 0.2) is 0 Å². The Bertz CT molecular complexity index is 261. The van der Waals surface area contributed by atoms with Crippen molar-refractivity contribution in [1.82, 2.24) is 20.4 Å². The Hall–Kier alpha value is -1.22. The predicted octanol–water partition coefficient (Wildman–Crippen LogP) is -1.80. The summed E-state index contributed by atoms with van der Waals surface area (Å²) in [6.07, 6.45) is 0. The Kier molecular flexibility index (Phi) is 10.9. The summed E-state index contributed by atoms with van der Waals surface area (Å²) in [5.41, 5.74) is 0. The van der Waals surface area contributed by atoms with E-state index in [1.54, 1.807) is 9.80 Å². The van der Waals surface area contributed by atoms with Crippen molar-refractivity contribution in [1.29, 1.82) is 0 Å². The molecule has 0 saturated heterocycles. The molecule has 4 N–H and O–H groups in total. The summed E-state index contributed by atoms with van der Waals surface area (Å²) in [6.45, 7) is 3.64. The van der Waals surface area contributed by atoms with E-state index in [2.05, 4.69) is 10.6 Å². The monoisotopic (exact) mass is 290 g/mol. The summed E-state index contributed by atoms with van der Waals surface area (Å²) in [5.74, 6) is -1.75. The number of hydrogen-bond acceptors (Lipinski definition) is 6. The summed E-state index contributed by atoms with van der Waals surface area (Å²) in [6, 6.07) is 0. The third kappa shape index (κ3) is 10.7. The van der Waals surface area contributed by atoms with Gasteiger partial charge in [0.2, 0.25) is 0 Å². The molecule has 0 aromatic heterocycles. The first-order valence-corrected chi connectivity index (χ1v) is 6.67. The third-order valence-corrected chi connectivity index (χ3v) is 2.81. The molecule has 0 rings (SSSR count). The van der Waals surface area contributed by atoms with Crippen LogP contribution in [0.5, 0.6) is 0 Å². The molecule has 20 heavy (non-hydrogen) atoms. The van der Waals surface area contributed by atoms with Crippen LogP contribution in [-0.2, 0) is 9.59 Å². The number of nitrogens with zero attached hydrogens (tertiary/aromatic N) is 2. The SMILES string of the molecule is CNCCN(CCN(CCNC)CC(=O)O)CC(=O)O.